The van der Waals surface area contributed by atoms with E-state index in [0.29, 0.717) is 16.9 Å². The fraction of sp³-hybridized carbons (Fsp3) is 0.300. The molecule has 8 heteroatoms. The van der Waals surface area contributed by atoms with Gasteiger partial charge in [0.15, 0.2) is 0 Å². The van der Waals surface area contributed by atoms with Crippen molar-refractivity contribution in [2.24, 2.45) is 4.99 Å². The fourth-order valence-electron chi connectivity index (χ4n) is 2.59. The number of hydrogen-bond donors (Lipinski definition) is 0. The maximum absolute atomic E-state index is 13.9. The zero-order chi connectivity index (χ0) is 20.3. The summed E-state index contributed by atoms with van der Waals surface area (Å²) >= 11 is 3.06. The molecule has 4 nitrogen and oxygen atoms in total. The molecule has 28 heavy (non-hydrogen) atoms. The molecule has 148 valence electrons. The molecular weight excluding hydrogens is 444 g/mol. The van der Waals surface area contributed by atoms with Gasteiger partial charge in [0, 0.05) is 25.4 Å². The first-order valence-corrected chi connectivity index (χ1v) is 13.4. The molecule has 1 heterocycles. The zero-order valence-electron chi connectivity index (χ0n) is 16.0. The molecule has 0 fully saturated rings. The molecule has 1 aromatic heterocycles. The minimum Gasteiger partial charge on any atom is -0.361 e. The lowest BCUT2D eigenvalue weighted by molar-refractivity contribution is 0.0898. The minimum atomic E-state index is -1.11. The Morgan fingerprint density at radius 3 is 2.57 bits per heavy atom. The van der Waals surface area contributed by atoms with Crippen LogP contribution in [0.5, 0.6) is 0 Å². The van der Waals surface area contributed by atoms with Crippen LogP contribution in [0.1, 0.15) is 5.56 Å². The molecule has 0 atom stereocenters. The largest absolute Gasteiger partial charge is 0.361 e. The number of nitrogens with zero attached hydrogens (tertiary/aromatic N) is 3. The first-order chi connectivity index (χ1) is 13.2. The Morgan fingerprint density at radius 2 is 1.89 bits per heavy atom. The van der Waals surface area contributed by atoms with Crippen molar-refractivity contribution in [1.82, 2.24) is 9.55 Å². The van der Waals surface area contributed by atoms with Crippen molar-refractivity contribution in [3.05, 3.63) is 58.3 Å². The average Bonchev–Trinajstić information content (AvgIpc) is 2.99. The van der Waals surface area contributed by atoms with E-state index in [0.717, 1.165) is 23.7 Å². The first kappa shape index (κ1) is 20.8. The molecule has 0 amide bonds. The van der Waals surface area contributed by atoms with Gasteiger partial charge < -0.3 is 9.30 Å². The lowest BCUT2D eigenvalue weighted by Crippen LogP contribution is -2.21. The molecule has 0 saturated heterocycles. The van der Waals surface area contributed by atoms with Crippen LogP contribution >= 0.6 is 15.9 Å². The molecule has 2 aromatic carbocycles. The fourth-order valence-corrected chi connectivity index (χ4v) is 3.75. The van der Waals surface area contributed by atoms with Crippen molar-refractivity contribution < 1.29 is 13.5 Å². The van der Waals surface area contributed by atoms with Crippen LogP contribution in [0.15, 0.2) is 46.1 Å². The van der Waals surface area contributed by atoms with Gasteiger partial charge in [0.25, 0.3) is 0 Å². The van der Waals surface area contributed by atoms with Crippen molar-refractivity contribution in [2.45, 2.75) is 32.4 Å². The van der Waals surface area contributed by atoms with Crippen molar-refractivity contribution in [3.63, 3.8) is 0 Å². The van der Waals surface area contributed by atoms with Gasteiger partial charge in [-0.05, 0) is 36.4 Å². The summed E-state index contributed by atoms with van der Waals surface area (Å²) in [6, 6.07) is 8.97. The van der Waals surface area contributed by atoms with Gasteiger partial charge in [0.2, 0.25) is 0 Å². The van der Waals surface area contributed by atoms with E-state index in [1.807, 2.05) is 10.6 Å². The highest BCUT2D eigenvalue weighted by Crippen LogP contribution is 2.22. The van der Waals surface area contributed by atoms with E-state index in [1.54, 1.807) is 18.5 Å². The van der Waals surface area contributed by atoms with Crippen molar-refractivity contribution in [1.29, 1.82) is 0 Å². The van der Waals surface area contributed by atoms with Gasteiger partial charge in [-0.25, -0.2) is 13.8 Å². The summed E-state index contributed by atoms with van der Waals surface area (Å²) in [5, 5.41) is 0. The van der Waals surface area contributed by atoms with Crippen molar-refractivity contribution in [3.8, 4) is 0 Å². The van der Waals surface area contributed by atoms with E-state index in [4.69, 9.17) is 4.74 Å². The molecule has 0 N–H and O–H groups in total. The van der Waals surface area contributed by atoms with Gasteiger partial charge in [0.1, 0.15) is 18.4 Å². The Morgan fingerprint density at radius 1 is 1.18 bits per heavy atom. The van der Waals surface area contributed by atoms with Crippen molar-refractivity contribution >= 4 is 46.9 Å². The number of imidazole rings is 1. The average molecular weight is 466 g/mol. The molecule has 0 aliphatic carbocycles. The summed E-state index contributed by atoms with van der Waals surface area (Å²) < 4.78 is 35.9. The summed E-state index contributed by atoms with van der Waals surface area (Å²) in [6.07, 6.45) is 2.91. The highest BCUT2D eigenvalue weighted by Gasteiger charge is 2.12. The highest BCUT2D eigenvalue weighted by atomic mass is 79.9. The Labute approximate surface area is 172 Å². The third-order valence-corrected chi connectivity index (χ3v) is 6.38. The van der Waals surface area contributed by atoms with E-state index in [9.17, 15) is 8.78 Å². The quantitative estimate of drug-likeness (QED) is 0.238. The smallest absolute Gasteiger partial charge is 0.136 e. The van der Waals surface area contributed by atoms with Crippen LogP contribution in [-0.4, -0.2) is 30.4 Å². The summed E-state index contributed by atoms with van der Waals surface area (Å²) in [6.45, 7) is 8.13. The third-order valence-electron chi connectivity index (χ3n) is 4.22. The molecule has 0 spiro atoms. The van der Waals surface area contributed by atoms with Crippen LogP contribution in [0.25, 0.3) is 11.0 Å². The Bertz CT molecular complexity index is 991. The van der Waals surface area contributed by atoms with Crippen LogP contribution in [0, 0.1) is 11.6 Å². The number of benzene rings is 2. The second-order valence-corrected chi connectivity index (χ2v) is 14.3. The topological polar surface area (TPSA) is 39.4 Å². The van der Waals surface area contributed by atoms with Crippen molar-refractivity contribution in [2.75, 3.05) is 6.61 Å². The van der Waals surface area contributed by atoms with E-state index in [1.165, 1.54) is 18.3 Å². The van der Waals surface area contributed by atoms with Gasteiger partial charge in [-0.3, -0.25) is 4.99 Å². The number of hydrogen-bond acceptors (Lipinski definition) is 3. The maximum atomic E-state index is 13.9. The number of fused-ring (bicyclic) bond motifs is 1. The van der Waals surface area contributed by atoms with Crippen LogP contribution in [-0.2, 0) is 11.5 Å². The molecule has 3 aromatic rings. The molecule has 0 aliphatic rings. The monoisotopic (exact) mass is 465 g/mol. The predicted octanol–water partition coefficient (Wildman–Crippen LogP) is 6.14. The third kappa shape index (κ3) is 5.33. The van der Waals surface area contributed by atoms with Gasteiger partial charge in [-0.1, -0.05) is 35.6 Å². The Kier molecular flexibility index (Phi) is 6.42. The Hall–Kier alpha value is -1.90. The normalized spacial score (nSPS) is 12.4. The molecule has 3 rings (SSSR count). The molecule has 0 unspecified atom stereocenters. The minimum absolute atomic E-state index is 0.176. The maximum Gasteiger partial charge on any atom is 0.136 e. The van der Waals surface area contributed by atoms with Crippen LogP contribution in [0.4, 0.5) is 14.5 Å². The molecular formula is C20H22BrF2N3OSi. The van der Waals surface area contributed by atoms with Gasteiger partial charge in [0.05, 0.1) is 28.6 Å². The first-order valence-electron chi connectivity index (χ1n) is 8.94. The number of aliphatic imine (C=N–C) groups is 1. The van der Waals surface area contributed by atoms with E-state index in [2.05, 4.69) is 45.5 Å². The lowest BCUT2D eigenvalue weighted by atomic mass is 10.2. The summed E-state index contributed by atoms with van der Waals surface area (Å²) in [7, 11) is -1.11. The second kappa shape index (κ2) is 8.63. The molecule has 0 radical (unpaired) electrons. The van der Waals surface area contributed by atoms with E-state index >= 15 is 0 Å². The second-order valence-electron chi connectivity index (χ2n) is 7.78. The predicted molar refractivity (Wildman–Crippen MR) is 115 cm³/mol. The van der Waals surface area contributed by atoms with Gasteiger partial charge >= 0.3 is 0 Å². The van der Waals surface area contributed by atoms with Gasteiger partial charge in [-0.15, -0.1) is 0 Å². The lowest BCUT2D eigenvalue weighted by Gasteiger charge is -2.15. The molecule has 0 saturated carbocycles. The standard InChI is InChI=1S/C20H22BrF2N3OSi/c1-28(2,3)7-6-27-13-26-12-25-19-10-15(4-5-20(19)26)24-11-16-17(22)8-14(21)9-18(16)23/h4-5,8-12H,6-7,13H2,1-3H3/b24-11-. The summed E-state index contributed by atoms with van der Waals surface area (Å²) in [4.78, 5) is 8.57. The summed E-state index contributed by atoms with van der Waals surface area (Å²) in [5.74, 6) is -1.34. The van der Waals surface area contributed by atoms with E-state index in [-0.39, 0.29) is 5.56 Å². The summed E-state index contributed by atoms with van der Waals surface area (Å²) in [5.41, 5.74) is 2.07. The zero-order valence-corrected chi connectivity index (χ0v) is 18.6. The SMILES string of the molecule is C[Si](C)(C)CCOCn1cnc2cc(/N=C\c3c(F)cc(Br)cc3F)ccc21. The van der Waals surface area contributed by atoms with Crippen LogP contribution in [0.2, 0.25) is 25.7 Å². The molecule has 0 bridgehead atoms. The van der Waals surface area contributed by atoms with Gasteiger partial charge in [-0.2, -0.15) is 0 Å². The molecule has 0 aliphatic heterocycles. The number of aromatic nitrogens is 2. The van der Waals surface area contributed by atoms with Crippen LogP contribution in [0.3, 0.4) is 0 Å². The number of halogens is 3. The van der Waals surface area contributed by atoms with E-state index < -0.39 is 19.7 Å². The Balaban J connectivity index is 1.72. The van der Waals surface area contributed by atoms with Crippen LogP contribution < -0.4 is 0 Å². The number of ether oxygens (including phenoxy) is 1. The highest BCUT2D eigenvalue weighted by molar-refractivity contribution is 9.10. The number of rotatable bonds is 7.